The number of halogens is 2. The predicted octanol–water partition coefficient (Wildman–Crippen LogP) is 5.48. The first-order valence-corrected chi connectivity index (χ1v) is 8.35. The molecule has 0 aliphatic rings. The Morgan fingerprint density at radius 1 is 1.08 bits per heavy atom. The number of nitrogens with one attached hydrogen (secondary N) is 1. The van der Waals surface area contributed by atoms with Crippen LogP contribution in [-0.2, 0) is 0 Å². The number of aromatic nitrogens is 2. The van der Waals surface area contributed by atoms with Crippen molar-refractivity contribution in [3.8, 4) is 0 Å². The maximum absolute atomic E-state index is 13.3. The van der Waals surface area contributed by atoms with Crippen LogP contribution in [0.1, 0.15) is 12.6 Å². The Hall–Kier alpha value is -2.66. The Bertz CT molecular complexity index is 871. The zero-order chi connectivity index (χ0) is 17.8. The van der Waals surface area contributed by atoms with Gasteiger partial charge in [-0.2, -0.15) is 4.98 Å². The van der Waals surface area contributed by atoms with Crippen LogP contribution in [0.15, 0.2) is 54.6 Å². The van der Waals surface area contributed by atoms with Gasteiger partial charge in [0.25, 0.3) is 0 Å². The fourth-order valence-corrected chi connectivity index (χ4v) is 2.71. The van der Waals surface area contributed by atoms with Gasteiger partial charge in [0.15, 0.2) is 0 Å². The Labute approximate surface area is 151 Å². The maximum atomic E-state index is 13.3. The molecule has 3 aromatic rings. The van der Waals surface area contributed by atoms with Crippen molar-refractivity contribution in [2.24, 2.45) is 0 Å². The lowest BCUT2D eigenvalue weighted by atomic mass is 10.2. The van der Waals surface area contributed by atoms with E-state index in [-0.39, 0.29) is 5.02 Å². The van der Waals surface area contributed by atoms with Gasteiger partial charge in [0.05, 0.1) is 5.02 Å². The molecular formula is C19H18ClFN4. The van der Waals surface area contributed by atoms with Crippen LogP contribution >= 0.6 is 11.6 Å². The number of anilines is 4. The molecule has 128 valence electrons. The minimum absolute atomic E-state index is 0.0531. The highest BCUT2D eigenvalue weighted by atomic mass is 35.5. The zero-order valence-corrected chi connectivity index (χ0v) is 14.8. The molecule has 0 unspecified atom stereocenters. The van der Waals surface area contributed by atoms with E-state index in [9.17, 15) is 4.39 Å². The maximum Gasteiger partial charge on any atom is 0.229 e. The van der Waals surface area contributed by atoms with E-state index in [2.05, 4.69) is 27.1 Å². The molecule has 0 saturated heterocycles. The van der Waals surface area contributed by atoms with Gasteiger partial charge < -0.3 is 10.2 Å². The van der Waals surface area contributed by atoms with E-state index < -0.39 is 5.82 Å². The topological polar surface area (TPSA) is 41.1 Å². The summed E-state index contributed by atoms with van der Waals surface area (Å²) in [6, 6.07) is 16.4. The first-order chi connectivity index (χ1) is 12.1. The number of hydrogen-bond acceptors (Lipinski definition) is 4. The van der Waals surface area contributed by atoms with Gasteiger partial charge in [-0.1, -0.05) is 29.8 Å². The molecule has 0 radical (unpaired) electrons. The van der Waals surface area contributed by atoms with E-state index in [1.165, 1.54) is 12.1 Å². The minimum Gasteiger partial charge on any atom is -0.326 e. The van der Waals surface area contributed by atoms with Gasteiger partial charge in [-0.15, -0.1) is 0 Å². The summed E-state index contributed by atoms with van der Waals surface area (Å²) in [5.41, 5.74) is 2.51. The average Bonchev–Trinajstić information content (AvgIpc) is 2.59. The molecule has 1 aromatic heterocycles. The molecule has 25 heavy (non-hydrogen) atoms. The van der Waals surface area contributed by atoms with E-state index in [0.717, 1.165) is 23.7 Å². The lowest BCUT2D eigenvalue weighted by Crippen LogP contribution is -2.18. The van der Waals surface area contributed by atoms with Crippen molar-refractivity contribution in [2.45, 2.75) is 13.8 Å². The predicted molar refractivity (Wildman–Crippen MR) is 101 cm³/mol. The molecule has 3 rings (SSSR count). The van der Waals surface area contributed by atoms with Crippen LogP contribution in [-0.4, -0.2) is 16.5 Å². The molecule has 4 nitrogen and oxygen atoms in total. The minimum atomic E-state index is -0.459. The molecule has 0 atom stereocenters. The lowest BCUT2D eigenvalue weighted by Gasteiger charge is -2.23. The number of para-hydroxylation sites is 1. The second kappa shape index (κ2) is 7.49. The summed E-state index contributed by atoms with van der Waals surface area (Å²) in [6.07, 6.45) is 0. The molecule has 0 aliphatic heterocycles. The Morgan fingerprint density at radius 2 is 1.84 bits per heavy atom. The van der Waals surface area contributed by atoms with Crippen molar-refractivity contribution in [1.29, 1.82) is 0 Å². The number of aryl methyl sites for hydroxylation is 1. The van der Waals surface area contributed by atoms with Crippen molar-refractivity contribution in [3.05, 3.63) is 71.1 Å². The van der Waals surface area contributed by atoms with Gasteiger partial charge in [-0.25, -0.2) is 9.37 Å². The van der Waals surface area contributed by atoms with Crippen LogP contribution in [0.4, 0.5) is 27.5 Å². The third-order valence-corrected chi connectivity index (χ3v) is 3.97. The SMILES string of the molecule is CCN(c1ccccc1)c1cc(C)nc(Nc2ccc(F)c(Cl)c2)n1. The monoisotopic (exact) mass is 356 g/mol. The molecular weight excluding hydrogens is 339 g/mol. The van der Waals surface area contributed by atoms with Crippen molar-refractivity contribution >= 4 is 34.7 Å². The van der Waals surface area contributed by atoms with Crippen LogP contribution in [0.2, 0.25) is 5.02 Å². The van der Waals surface area contributed by atoms with E-state index in [1.807, 2.05) is 43.3 Å². The fourth-order valence-electron chi connectivity index (χ4n) is 2.53. The molecule has 1 N–H and O–H groups in total. The Kier molecular flexibility index (Phi) is 5.14. The summed E-state index contributed by atoms with van der Waals surface area (Å²) < 4.78 is 13.3. The number of hydrogen-bond donors (Lipinski definition) is 1. The first-order valence-electron chi connectivity index (χ1n) is 7.97. The van der Waals surface area contributed by atoms with Gasteiger partial charge in [0.2, 0.25) is 5.95 Å². The number of benzene rings is 2. The number of rotatable bonds is 5. The summed E-state index contributed by atoms with van der Waals surface area (Å²) in [4.78, 5) is 11.1. The first kappa shape index (κ1) is 17.2. The quantitative estimate of drug-likeness (QED) is 0.657. The van der Waals surface area contributed by atoms with Crippen LogP contribution < -0.4 is 10.2 Å². The third-order valence-electron chi connectivity index (χ3n) is 3.68. The molecule has 0 bridgehead atoms. The lowest BCUT2D eigenvalue weighted by molar-refractivity contribution is 0.628. The molecule has 0 saturated carbocycles. The fraction of sp³-hybridized carbons (Fsp3) is 0.158. The van der Waals surface area contributed by atoms with Crippen LogP contribution in [0, 0.1) is 12.7 Å². The molecule has 6 heteroatoms. The summed E-state index contributed by atoms with van der Waals surface area (Å²) >= 11 is 5.83. The second-order valence-corrected chi connectivity index (χ2v) is 5.93. The van der Waals surface area contributed by atoms with Crippen LogP contribution in [0.5, 0.6) is 0 Å². The summed E-state index contributed by atoms with van der Waals surface area (Å²) in [5, 5.41) is 3.14. The standard InChI is InChI=1S/C19H18ClFN4/c1-3-25(15-7-5-4-6-8-15)18-11-13(2)22-19(24-18)23-14-9-10-17(21)16(20)12-14/h4-12H,3H2,1-2H3,(H,22,23,24). The van der Waals surface area contributed by atoms with E-state index in [0.29, 0.717) is 11.6 Å². The highest BCUT2D eigenvalue weighted by Gasteiger charge is 2.11. The third kappa shape index (κ3) is 4.06. The largest absolute Gasteiger partial charge is 0.326 e. The summed E-state index contributed by atoms with van der Waals surface area (Å²) in [6.45, 7) is 4.74. The van der Waals surface area contributed by atoms with E-state index in [4.69, 9.17) is 11.6 Å². The summed E-state index contributed by atoms with van der Waals surface area (Å²) in [5.74, 6) is 0.767. The van der Waals surface area contributed by atoms with Crippen LogP contribution in [0.25, 0.3) is 0 Å². The highest BCUT2D eigenvalue weighted by molar-refractivity contribution is 6.31. The van der Waals surface area contributed by atoms with Crippen molar-refractivity contribution in [3.63, 3.8) is 0 Å². The van der Waals surface area contributed by atoms with Gasteiger partial charge in [0.1, 0.15) is 11.6 Å². The molecule has 0 amide bonds. The van der Waals surface area contributed by atoms with Gasteiger partial charge in [-0.3, -0.25) is 0 Å². The molecule has 0 aliphatic carbocycles. The van der Waals surface area contributed by atoms with E-state index in [1.54, 1.807) is 6.07 Å². The molecule has 2 aromatic carbocycles. The molecule has 0 spiro atoms. The highest BCUT2D eigenvalue weighted by Crippen LogP contribution is 2.26. The summed E-state index contributed by atoms with van der Waals surface area (Å²) in [7, 11) is 0. The van der Waals surface area contributed by atoms with Gasteiger partial charge in [-0.05, 0) is 44.2 Å². The van der Waals surface area contributed by atoms with Crippen molar-refractivity contribution in [2.75, 3.05) is 16.8 Å². The van der Waals surface area contributed by atoms with Gasteiger partial charge >= 0.3 is 0 Å². The van der Waals surface area contributed by atoms with E-state index >= 15 is 0 Å². The Balaban J connectivity index is 1.93. The zero-order valence-electron chi connectivity index (χ0n) is 14.0. The molecule has 1 heterocycles. The normalized spacial score (nSPS) is 10.6. The smallest absolute Gasteiger partial charge is 0.229 e. The average molecular weight is 357 g/mol. The van der Waals surface area contributed by atoms with Gasteiger partial charge in [0, 0.05) is 29.7 Å². The van der Waals surface area contributed by atoms with Crippen molar-refractivity contribution < 1.29 is 4.39 Å². The van der Waals surface area contributed by atoms with Crippen molar-refractivity contribution in [1.82, 2.24) is 9.97 Å². The van der Waals surface area contributed by atoms with Crippen LogP contribution in [0.3, 0.4) is 0 Å². The second-order valence-electron chi connectivity index (χ2n) is 5.52. The molecule has 0 fully saturated rings. The number of nitrogens with zero attached hydrogens (tertiary/aromatic N) is 3. The Morgan fingerprint density at radius 3 is 2.52 bits per heavy atom.